The van der Waals surface area contributed by atoms with Crippen molar-refractivity contribution in [2.45, 2.75) is 32.9 Å². The molecular weight excluding hydrogens is 218 g/mol. The van der Waals surface area contributed by atoms with Gasteiger partial charge >= 0.3 is 0 Å². The van der Waals surface area contributed by atoms with Crippen LogP contribution in [0.2, 0.25) is 0 Å². The van der Waals surface area contributed by atoms with E-state index >= 15 is 0 Å². The van der Waals surface area contributed by atoms with E-state index in [9.17, 15) is 0 Å². The number of fused-ring (bicyclic) bond motifs is 1. The van der Waals surface area contributed by atoms with E-state index in [2.05, 4.69) is 15.0 Å². The third-order valence-electron chi connectivity index (χ3n) is 2.42. The van der Waals surface area contributed by atoms with Gasteiger partial charge in [-0.1, -0.05) is 0 Å². The quantitative estimate of drug-likeness (QED) is 0.788. The third-order valence-corrected chi connectivity index (χ3v) is 2.42. The van der Waals surface area contributed by atoms with Gasteiger partial charge in [-0.05, 0) is 20.3 Å². The van der Waals surface area contributed by atoms with Gasteiger partial charge in [0.15, 0.2) is 11.5 Å². The predicted octanol–water partition coefficient (Wildman–Crippen LogP) is 1.22. The van der Waals surface area contributed by atoms with Crippen molar-refractivity contribution in [2.75, 3.05) is 12.3 Å². The highest BCUT2D eigenvalue weighted by Crippen LogP contribution is 2.14. The summed E-state index contributed by atoms with van der Waals surface area (Å²) in [7, 11) is 0. The molecule has 2 aromatic heterocycles. The zero-order valence-electron chi connectivity index (χ0n) is 10.1. The Balaban J connectivity index is 2.02. The smallest absolute Gasteiger partial charge is 0.165 e. The van der Waals surface area contributed by atoms with Crippen LogP contribution >= 0.6 is 0 Å². The first-order valence-electron chi connectivity index (χ1n) is 5.71. The van der Waals surface area contributed by atoms with E-state index in [4.69, 9.17) is 10.5 Å². The first kappa shape index (κ1) is 11.8. The lowest BCUT2D eigenvalue weighted by molar-refractivity contribution is 0.0750. The van der Waals surface area contributed by atoms with Gasteiger partial charge in [-0.3, -0.25) is 0 Å². The van der Waals surface area contributed by atoms with Crippen molar-refractivity contribution < 1.29 is 4.74 Å². The predicted molar refractivity (Wildman–Crippen MR) is 65.4 cm³/mol. The number of anilines is 1. The van der Waals surface area contributed by atoms with Crippen LogP contribution in [0.3, 0.4) is 0 Å². The van der Waals surface area contributed by atoms with E-state index in [1.807, 2.05) is 18.4 Å². The maximum Gasteiger partial charge on any atom is 0.165 e. The molecule has 0 aliphatic carbocycles. The average Bonchev–Trinajstić information content (AvgIpc) is 2.69. The Kier molecular flexibility index (Phi) is 3.53. The first-order valence-corrected chi connectivity index (χ1v) is 5.71. The standard InChI is InChI=1S/C11H17N5O/c1-8(2)17-5-3-4-16-7-15-9-10(12)13-6-14-11(9)16/h6-8H,3-5H2,1-2H3,(H2,12,13,14). The summed E-state index contributed by atoms with van der Waals surface area (Å²) < 4.78 is 7.45. The summed E-state index contributed by atoms with van der Waals surface area (Å²) in [5.74, 6) is 0.423. The fourth-order valence-corrected chi connectivity index (χ4v) is 1.62. The molecule has 0 aliphatic rings. The maximum absolute atomic E-state index is 5.71. The largest absolute Gasteiger partial charge is 0.382 e. The van der Waals surface area contributed by atoms with Crippen molar-refractivity contribution in [3.8, 4) is 0 Å². The summed E-state index contributed by atoms with van der Waals surface area (Å²) in [5, 5.41) is 0. The zero-order valence-corrected chi connectivity index (χ0v) is 10.1. The van der Waals surface area contributed by atoms with Crippen molar-refractivity contribution in [3.05, 3.63) is 12.7 Å². The van der Waals surface area contributed by atoms with E-state index in [0.717, 1.165) is 25.2 Å². The van der Waals surface area contributed by atoms with E-state index < -0.39 is 0 Å². The number of hydrogen-bond donors (Lipinski definition) is 1. The van der Waals surface area contributed by atoms with Gasteiger partial charge in [0.1, 0.15) is 11.8 Å². The van der Waals surface area contributed by atoms with Crippen LogP contribution in [0.15, 0.2) is 12.7 Å². The number of rotatable bonds is 5. The molecular formula is C11H17N5O. The van der Waals surface area contributed by atoms with E-state index in [1.165, 1.54) is 6.33 Å². The van der Waals surface area contributed by atoms with E-state index in [1.54, 1.807) is 6.33 Å². The maximum atomic E-state index is 5.71. The fraction of sp³-hybridized carbons (Fsp3) is 0.545. The number of nitrogens with two attached hydrogens (primary N) is 1. The molecule has 0 amide bonds. The topological polar surface area (TPSA) is 78.9 Å². The van der Waals surface area contributed by atoms with Gasteiger partial charge < -0.3 is 15.0 Å². The number of imidazole rings is 1. The third kappa shape index (κ3) is 2.71. The summed E-state index contributed by atoms with van der Waals surface area (Å²) in [4.78, 5) is 12.3. The van der Waals surface area contributed by atoms with Crippen molar-refractivity contribution >= 4 is 17.0 Å². The van der Waals surface area contributed by atoms with E-state index in [-0.39, 0.29) is 6.10 Å². The van der Waals surface area contributed by atoms with Crippen molar-refractivity contribution in [1.29, 1.82) is 0 Å². The molecule has 0 radical (unpaired) electrons. The fourth-order valence-electron chi connectivity index (χ4n) is 1.62. The Bertz CT molecular complexity index is 494. The Morgan fingerprint density at radius 1 is 1.35 bits per heavy atom. The van der Waals surface area contributed by atoms with Gasteiger partial charge in [-0.2, -0.15) is 0 Å². The lowest BCUT2D eigenvalue weighted by Crippen LogP contribution is -2.07. The molecule has 0 bridgehead atoms. The molecule has 2 aromatic rings. The summed E-state index contributed by atoms with van der Waals surface area (Å²) in [6, 6.07) is 0. The van der Waals surface area contributed by atoms with Crippen LogP contribution in [0.1, 0.15) is 20.3 Å². The molecule has 2 rings (SSSR count). The Labute approximate surface area is 99.8 Å². The SMILES string of the molecule is CC(C)OCCCn1cnc2c(N)ncnc21. The molecule has 0 unspecified atom stereocenters. The highest BCUT2D eigenvalue weighted by molar-refractivity contribution is 5.80. The molecule has 92 valence electrons. The molecule has 6 nitrogen and oxygen atoms in total. The minimum absolute atomic E-state index is 0.271. The number of nitrogen functional groups attached to an aromatic ring is 1. The normalized spacial score (nSPS) is 11.5. The van der Waals surface area contributed by atoms with Crippen molar-refractivity contribution in [3.63, 3.8) is 0 Å². The number of aryl methyl sites for hydroxylation is 1. The minimum Gasteiger partial charge on any atom is -0.382 e. The molecule has 0 aliphatic heterocycles. The highest BCUT2D eigenvalue weighted by Gasteiger charge is 2.07. The number of hydrogen-bond acceptors (Lipinski definition) is 5. The van der Waals surface area contributed by atoms with Crippen molar-refractivity contribution in [1.82, 2.24) is 19.5 Å². The van der Waals surface area contributed by atoms with Gasteiger partial charge in [-0.15, -0.1) is 0 Å². The molecule has 0 saturated carbocycles. The van der Waals surface area contributed by atoms with Gasteiger partial charge in [0, 0.05) is 13.2 Å². The van der Waals surface area contributed by atoms with Crippen LogP contribution in [0.5, 0.6) is 0 Å². The van der Waals surface area contributed by atoms with Crippen molar-refractivity contribution in [2.24, 2.45) is 0 Å². The summed E-state index contributed by atoms with van der Waals surface area (Å²) in [6.45, 7) is 5.61. The lowest BCUT2D eigenvalue weighted by Gasteiger charge is -2.07. The zero-order chi connectivity index (χ0) is 12.3. The summed E-state index contributed by atoms with van der Waals surface area (Å²) in [5.41, 5.74) is 7.16. The van der Waals surface area contributed by atoms with Crippen LogP contribution in [0.4, 0.5) is 5.82 Å². The highest BCUT2D eigenvalue weighted by atomic mass is 16.5. The molecule has 0 saturated heterocycles. The Morgan fingerprint density at radius 2 is 2.18 bits per heavy atom. The summed E-state index contributed by atoms with van der Waals surface area (Å²) >= 11 is 0. The second kappa shape index (κ2) is 5.09. The van der Waals surface area contributed by atoms with Crippen LogP contribution in [0, 0.1) is 0 Å². The first-order chi connectivity index (χ1) is 8.18. The number of ether oxygens (including phenoxy) is 1. The van der Waals surface area contributed by atoms with Gasteiger partial charge in [0.25, 0.3) is 0 Å². The van der Waals surface area contributed by atoms with Gasteiger partial charge in [0.05, 0.1) is 12.4 Å². The lowest BCUT2D eigenvalue weighted by atomic mass is 10.4. The Hall–Kier alpha value is -1.69. The summed E-state index contributed by atoms with van der Waals surface area (Å²) in [6.07, 6.45) is 4.39. The molecule has 0 atom stereocenters. The van der Waals surface area contributed by atoms with Gasteiger partial charge in [0.2, 0.25) is 0 Å². The van der Waals surface area contributed by atoms with E-state index in [0.29, 0.717) is 11.3 Å². The molecule has 0 aromatic carbocycles. The van der Waals surface area contributed by atoms with Gasteiger partial charge in [-0.25, -0.2) is 15.0 Å². The molecule has 0 fully saturated rings. The number of aromatic nitrogens is 4. The average molecular weight is 235 g/mol. The Morgan fingerprint density at radius 3 is 2.94 bits per heavy atom. The molecule has 0 spiro atoms. The van der Waals surface area contributed by atoms with Crippen LogP contribution in [-0.4, -0.2) is 32.2 Å². The molecule has 2 N–H and O–H groups in total. The molecule has 2 heterocycles. The monoisotopic (exact) mass is 235 g/mol. The van der Waals surface area contributed by atoms with Crippen LogP contribution < -0.4 is 5.73 Å². The second-order valence-electron chi connectivity index (χ2n) is 4.14. The van der Waals surface area contributed by atoms with Crippen LogP contribution in [-0.2, 0) is 11.3 Å². The second-order valence-corrected chi connectivity index (χ2v) is 4.14. The molecule has 6 heteroatoms. The minimum atomic E-state index is 0.271. The number of nitrogens with zero attached hydrogens (tertiary/aromatic N) is 4. The van der Waals surface area contributed by atoms with Crippen LogP contribution in [0.25, 0.3) is 11.2 Å². The molecule has 17 heavy (non-hydrogen) atoms.